The number of nitrogens with one attached hydrogen (secondary N) is 2. The molecule has 3 heteroatoms. The molecule has 0 radical (unpaired) electrons. The molecule has 0 aliphatic rings. The number of carbonyl (C=O) groups excluding carboxylic acids is 1. The molecule has 0 aliphatic heterocycles. The van der Waals surface area contributed by atoms with E-state index in [2.05, 4.69) is 22.8 Å². The number of para-hydroxylation sites is 1. The fourth-order valence-electron chi connectivity index (χ4n) is 1.84. The molecule has 2 aromatic rings. The summed E-state index contributed by atoms with van der Waals surface area (Å²) >= 11 is 0. The third-order valence-corrected chi connectivity index (χ3v) is 2.94. The Bertz CT molecular complexity index is 537. The van der Waals surface area contributed by atoms with Crippen molar-refractivity contribution in [1.29, 1.82) is 0 Å². The summed E-state index contributed by atoms with van der Waals surface area (Å²) in [6, 6.07) is 17.7. The van der Waals surface area contributed by atoms with E-state index in [9.17, 15) is 4.79 Å². The van der Waals surface area contributed by atoms with Crippen LogP contribution in [0.4, 0.5) is 10.5 Å². The average molecular weight is 254 g/mol. The molecule has 98 valence electrons. The molecule has 2 aromatic carbocycles. The largest absolute Gasteiger partial charge is 0.338 e. The molecule has 3 nitrogen and oxygen atoms in total. The van der Waals surface area contributed by atoms with Crippen molar-refractivity contribution < 1.29 is 4.79 Å². The van der Waals surface area contributed by atoms with Gasteiger partial charge in [0.15, 0.2) is 0 Å². The van der Waals surface area contributed by atoms with Gasteiger partial charge in [-0.2, -0.15) is 0 Å². The first-order chi connectivity index (χ1) is 9.25. The molecule has 2 N–H and O–H groups in total. The molecule has 2 rings (SSSR count). The highest BCUT2D eigenvalue weighted by Crippen LogP contribution is 2.12. The predicted molar refractivity (Wildman–Crippen MR) is 78.3 cm³/mol. The first-order valence-corrected chi connectivity index (χ1v) is 6.40. The fourth-order valence-corrected chi connectivity index (χ4v) is 1.84. The minimum atomic E-state index is -0.162. The van der Waals surface area contributed by atoms with Crippen molar-refractivity contribution in [3.05, 3.63) is 65.7 Å². The first-order valence-electron chi connectivity index (χ1n) is 6.40. The zero-order valence-corrected chi connectivity index (χ0v) is 11.0. The lowest BCUT2D eigenvalue weighted by Gasteiger charge is -2.09. The molecule has 0 fully saturated rings. The van der Waals surface area contributed by atoms with Gasteiger partial charge in [-0.15, -0.1) is 0 Å². The highest BCUT2D eigenvalue weighted by atomic mass is 16.2. The van der Waals surface area contributed by atoms with Crippen LogP contribution in [0.1, 0.15) is 11.1 Å². The lowest BCUT2D eigenvalue weighted by molar-refractivity contribution is 0.252. The number of carbonyl (C=O) groups is 1. The van der Waals surface area contributed by atoms with Crippen LogP contribution in [-0.2, 0) is 6.42 Å². The number of aryl methyl sites for hydroxylation is 1. The van der Waals surface area contributed by atoms with E-state index in [1.807, 2.05) is 49.4 Å². The van der Waals surface area contributed by atoms with Crippen LogP contribution in [0.3, 0.4) is 0 Å². The lowest BCUT2D eigenvalue weighted by Crippen LogP contribution is -2.30. The quantitative estimate of drug-likeness (QED) is 0.863. The van der Waals surface area contributed by atoms with Gasteiger partial charge in [-0.25, -0.2) is 4.79 Å². The summed E-state index contributed by atoms with van der Waals surface area (Å²) in [5.41, 5.74) is 3.12. The van der Waals surface area contributed by atoms with Gasteiger partial charge in [-0.1, -0.05) is 48.5 Å². The average Bonchev–Trinajstić information content (AvgIpc) is 2.43. The van der Waals surface area contributed by atoms with E-state index in [1.165, 1.54) is 5.56 Å². The smallest absolute Gasteiger partial charge is 0.319 e. The third-order valence-electron chi connectivity index (χ3n) is 2.94. The Morgan fingerprint density at radius 3 is 2.42 bits per heavy atom. The summed E-state index contributed by atoms with van der Waals surface area (Å²) in [5.74, 6) is 0. The number of hydrogen-bond acceptors (Lipinski definition) is 1. The molecule has 0 aliphatic carbocycles. The van der Waals surface area contributed by atoms with Gasteiger partial charge >= 0.3 is 6.03 Å². The van der Waals surface area contributed by atoms with Crippen LogP contribution in [0.5, 0.6) is 0 Å². The van der Waals surface area contributed by atoms with Crippen LogP contribution in [-0.4, -0.2) is 12.6 Å². The highest BCUT2D eigenvalue weighted by Gasteiger charge is 2.02. The van der Waals surface area contributed by atoms with E-state index in [0.29, 0.717) is 6.54 Å². The number of benzene rings is 2. The number of hydrogen-bond donors (Lipinski definition) is 2. The molecule has 0 atom stereocenters. The molecule has 0 saturated carbocycles. The minimum absolute atomic E-state index is 0.162. The Labute approximate surface area is 113 Å². The number of rotatable bonds is 4. The summed E-state index contributed by atoms with van der Waals surface area (Å²) in [7, 11) is 0. The second-order valence-corrected chi connectivity index (χ2v) is 4.43. The molecule has 19 heavy (non-hydrogen) atoms. The Hall–Kier alpha value is -2.29. The zero-order valence-electron chi connectivity index (χ0n) is 11.0. The second kappa shape index (κ2) is 6.59. The molecule has 2 amide bonds. The second-order valence-electron chi connectivity index (χ2n) is 4.43. The molecule has 0 heterocycles. The summed E-state index contributed by atoms with van der Waals surface area (Å²) in [5, 5.41) is 5.70. The van der Waals surface area contributed by atoms with Gasteiger partial charge in [-0.3, -0.25) is 0 Å². The van der Waals surface area contributed by atoms with Crippen molar-refractivity contribution >= 4 is 11.7 Å². The molecular formula is C16H18N2O. The van der Waals surface area contributed by atoms with E-state index in [-0.39, 0.29) is 6.03 Å². The maximum atomic E-state index is 11.7. The van der Waals surface area contributed by atoms with Gasteiger partial charge in [-0.05, 0) is 30.5 Å². The summed E-state index contributed by atoms with van der Waals surface area (Å²) < 4.78 is 0. The van der Waals surface area contributed by atoms with Gasteiger partial charge in [0.2, 0.25) is 0 Å². The number of anilines is 1. The molecule has 0 aromatic heterocycles. The molecular weight excluding hydrogens is 236 g/mol. The topological polar surface area (TPSA) is 41.1 Å². The zero-order chi connectivity index (χ0) is 13.5. The summed E-state index contributed by atoms with van der Waals surface area (Å²) in [4.78, 5) is 11.7. The third kappa shape index (κ3) is 4.14. The van der Waals surface area contributed by atoms with Crippen molar-refractivity contribution in [3.63, 3.8) is 0 Å². The summed E-state index contributed by atoms with van der Waals surface area (Å²) in [6.45, 7) is 2.60. The van der Waals surface area contributed by atoms with Crippen molar-refractivity contribution in [3.8, 4) is 0 Å². The maximum absolute atomic E-state index is 11.7. The lowest BCUT2D eigenvalue weighted by atomic mass is 10.1. The van der Waals surface area contributed by atoms with E-state index < -0.39 is 0 Å². The number of amides is 2. The molecule has 0 spiro atoms. The van der Waals surface area contributed by atoms with E-state index in [1.54, 1.807) is 0 Å². The van der Waals surface area contributed by atoms with Crippen molar-refractivity contribution in [2.45, 2.75) is 13.3 Å². The van der Waals surface area contributed by atoms with Gasteiger partial charge in [0, 0.05) is 12.2 Å². The van der Waals surface area contributed by atoms with E-state index in [0.717, 1.165) is 17.7 Å². The Morgan fingerprint density at radius 1 is 1.00 bits per heavy atom. The van der Waals surface area contributed by atoms with Crippen molar-refractivity contribution in [2.75, 3.05) is 11.9 Å². The standard InChI is InChI=1S/C16H18N2O/c1-13-7-5-6-10-15(13)18-16(19)17-12-11-14-8-3-2-4-9-14/h2-10H,11-12H2,1H3,(H2,17,18,19). The van der Waals surface area contributed by atoms with E-state index in [4.69, 9.17) is 0 Å². The van der Waals surface area contributed by atoms with Crippen molar-refractivity contribution in [2.24, 2.45) is 0 Å². The number of urea groups is 1. The van der Waals surface area contributed by atoms with Gasteiger partial charge < -0.3 is 10.6 Å². The Morgan fingerprint density at radius 2 is 1.68 bits per heavy atom. The van der Waals surface area contributed by atoms with Crippen LogP contribution in [0.25, 0.3) is 0 Å². The van der Waals surface area contributed by atoms with Crippen LogP contribution in [0, 0.1) is 6.92 Å². The first kappa shape index (κ1) is 13.1. The minimum Gasteiger partial charge on any atom is -0.338 e. The summed E-state index contributed by atoms with van der Waals surface area (Å²) in [6.07, 6.45) is 0.835. The maximum Gasteiger partial charge on any atom is 0.319 e. The molecule has 0 bridgehead atoms. The Balaban J connectivity index is 1.78. The van der Waals surface area contributed by atoms with Crippen LogP contribution < -0.4 is 10.6 Å². The highest BCUT2D eigenvalue weighted by molar-refractivity contribution is 5.89. The SMILES string of the molecule is Cc1ccccc1NC(=O)NCCc1ccccc1. The van der Waals surface area contributed by atoms with Crippen LogP contribution in [0.2, 0.25) is 0 Å². The molecule has 0 unspecified atom stereocenters. The monoisotopic (exact) mass is 254 g/mol. The van der Waals surface area contributed by atoms with Gasteiger partial charge in [0.25, 0.3) is 0 Å². The van der Waals surface area contributed by atoms with Gasteiger partial charge in [0.1, 0.15) is 0 Å². The molecule has 0 saturated heterocycles. The van der Waals surface area contributed by atoms with Gasteiger partial charge in [0.05, 0.1) is 0 Å². The van der Waals surface area contributed by atoms with E-state index >= 15 is 0 Å². The van der Waals surface area contributed by atoms with Crippen molar-refractivity contribution in [1.82, 2.24) is 5.32 Å². The van der Waals surface area contributed by atoms with Crippen LogP contribution >= 0.6 is 0 Å². The predicted octanol–water partition coefficient (Wildman–Crippen LogP) is 3.36. The normalized spacial score (nSPS) is 9.95. The fraction of sp³-hybridized carbons (Fsp3) is 0.188. The Kier molecular flexibility index (Phi) is 4.56. The van der Waals surface area contributed by atoms with Crippen LogP contribution in [0.15, 0.2) is 54.6 Å².